The van der Waals surface area contributed by atoms with E-state index in [0.29, 0.717) is 16.5 Å². The van der Waals surface area contributed by atoms with Crippen molar-refractivity contribution in [2.45, 2.75) is 0 Å². The molecule has 0 saturated carbocycles. The van der Waals surface area contributed by atoms with Crippen molar-refractivity contribution >= 4 is 45.0 Å². The Bertz CT molecular complexity index is 958. The Morgan fingerprint density at radius 3 is 2.48 bits per heavy atom. The first kappa shape index (κ1) is 13.9. The number of benzene rings is 2. The molecule has 0 fully saturated rings. The topological polar surface area (TPSA) is 54.9 Å². The lowest BCUT2D eigenvalue weighted by Gasteiger charge is -2.07. The second kappa shape index (κ2) is 5.38. The summed E-state index contributed by atoms with van der Waals surface area (Å²) < 4.78 is 1.93. The predicted octanol–water partition coefficient (Wildman–Crippen LogP) is 3.51. The molecular formula is C15H9BrN2O2S. The van der Waals surface area contributed by atoms with Gasteiger partial charge in [0.2, 0.25) is 0 Å². The Labute approximate surface area is 133 Å². The Morgan fingerprint density at radius 1 is 1.10 bits per heavy atom. The van der Waals surface area contributed by atoms with Gasteiger partial charge in [0.25, 0.3) is 11.5 Å². The summed E-state index contributed by atoms with van der Waals surface area (Å²) in [6.07, 6.45) is 0. The van der Waals surface area contributed by atoms with Crippen LogP contribution in [0.1, 0.15) is 10.4 Å². The summed E-state index contributed by atoms with van der Waals surface area (Å²) in [6, 6.07) is 13.7. The van der Waals surface area contributed by atoms with Crippen LogP contribution in [0, 0.1) is 4.77 Å². The molecule has 0 aliphatic rings. The van der Waals surface area contributed by atoms with E-state index in [4.69, 9.17) is 12.2 Å². The fourth-order valence-corrected chi connectivity index (χ4v) is 2.61. The fraction of sp³-hybridized carbons (Fsp3) is 0. The first-order chi connectivity index (χ1) is 10.1. The number of hydrogen-bond acceptors (Lipinski definition) is 3. The maximum absolute atomic E-state index is 12.5. The Hall–Kier alpha value is -2.05. The third-order valence-electron chi connectivity index (χ3n) is 3.10. The predicted molar refractivity (Wildman–Crippen MR) is 87.3 cm³/mol. The molecule has 6 heteroatoms. The van der Waals surface area contributed by atoms with Crippen molar-refractivity contribution in [3.63, 3.8) is 0 Å². The van der Waals surface area contributed by atoms with E-state index < -0.39 is 11.5 Å². The molecule has 0 spiro atoms. The van der Waals surface area contributed by atoms with Crippen LogP contribution in [0.15, 0.2) is 57.8 Å². The number of aromatic amines is 1. The summed E-state index contributed by atoms with van der Waals surface area (Å²) >= 11 is 8.45. The zero-order valence-corrected chi connectivity index (χ0v) is 13.1. The number of rotatable bonds is 1. The smallest absolute Gasteiger partial charge is 0.269 e. The zero-order valence-electron chi connectivity index (χ0n) is 10.7. The molecule has 0 atom stereocenters. The van der Waals surface area contributed by atoms with Crippen LogP contribution < -0.4 is 5.56 Å². The number of carbonyl (C=O) groups is 1. The molecule has 0 saturated heterocycles. The van der Waals surface area contributed by atoms with Gasteiger partial charge in [-0.2, -0.15) is 0 Å². The van der Waals surface area contributed by atoms with Crippen molar-refractivity contribution in [2.24, 2.45) is 0 Å². The van der Waals surface area contributed by atoms with Gasteiger partial charge < -0.3 is 4.98 Å². The van der Waals surface area contributed by atoms with Crippen molar-refractivity contribution in [1.29, 1.82) is 0 Å². The molecule has 0 aliphatic carbocycles. The lowest BCUT2D eigenvalue weighted by molar-refractivity contribution is 0.0953. The van der Waals surface area contributed by atoms with Crippen molar-refractivity contribution in [3.8, 4) is 0 Å². The van der Waals surface area contributed by atoms with E-state index in [1.807, 2.05) is 0 Å². The molecule has 0 aliphatic heterocycles. The molecule has 0 radical (unpaired) electrons. The van der Waals surface area contributed by atoms with Gasteiger partial charge in [-0.3, -0.25) is 9.59 Å². The molecule has 0 bridgehead atoms. The largest absolute Gasteiger partial charge is 0.331 e. The van der Waals surface area contributed by atoms with Crippen LogP contribution in [0.3, 0.4) is 0 Å². The van der Waals surface area contributed by atoms with Crippen LogP contribution in [0.5, 0.6) is 0 Å². The van der Waals surface area contributed by atoms with Gasteiger partial charge in [-0.15, -0.1) is 0 Å². The van der Waals surface area contributed by atoms with Gasteiger partial charge in [-0.05, 0) is 48.6 Å². The second-order valence-corrected chi connectivity index (χ2v) is 5.73. The van der Waals surface area contributed by atoms with E-state index in [1.54, 1.807) is 48.5 Å². The van der Waals surface area contributed by atoms with Crippen LogP contribution in [-0.2, 0) is 0 Å². The highest BCUT2D eigenvalue weighted by atomic mass is 79.9. The summed E-state index contributed by atoms with van der Waals surface area (Å²) in [7, 11) is 0. The van der Waals surface area contributed by atoms with Gasteiger partial charge in [0, 0.05) is 10.0 Å². The monoisotopic (exact) mass is 360 g/mol. The number of fused-ring (bicyclic) bond motifs is 1. The Kier molecular flexibility index (Phi) is 3.57. The van der Waals surface area contributed by atoms with Gasteiger partial charge in [0.1, 0.15) is 0 Å². The fourth-order valence-electron chi connectivity index (χ4n) is 2.07. The van der Waals surface area contributed by atoms with E-state index >= 15 is 0 Å². The third kappa shape index (κ3) is 2.48. The molecule has 1 N–H and O–H groups in total. The van der Waals surface area contributed by atoms with Crippen LogP contribution in [-0.4, -0.2) is 15.5 Å². The SMILES string of the molecule is O=C(c1ccc(Br)cc1)n1c(=S)[nH]c2ccccc2c1=O. The first-order valence-electron chi connectivity index (χ1n) is 6.12. The van der Waals surface area contributed by atoms with E-state index in [2.05, 4.69) is 20.9 Å². The van der Waals surface area contributed by atoms with Crippen molar-refractivity contribution < 1.29 is 4.79 Å². The molecule has 0 amide bonds. The summed E-state index contributed by atoms with van der Waals surface area (Å²) in [6.45, 7) is 0. The lowest BCUT2D eigenvalue weighted by atomic mass is 10.2. The second-order valence-electron chi connectivity index (χ2n) is 4.43. The maximum Gasteiger partial charge on any atom is 0.269 e. The molecule has 0 unspecified atom stereocenters. The molecule has 1 aromatic heterocycles. The number of carbonyl (C=O) groups excluding carboxylic acids is 1. The number of para-hydroxylation sites is 1. The third-order valence-corrected chi connectivity index (χ3v) is 3.91. The highest BCUT2D eigenvalue weighted by Gasteiger charge is 2.14. The summed E-state index contributed by atoms with van der Waals surface area (Å²) in [5, 5.41) is 0.427. The van der Waals surface area contributed by atoms with Gasteiger partial charge in [-0.25, -0.2) is 4.57 Å². The molecule has 4 nitrogen and oxygen atoms in total. The minimum absolute atomic E-state index is 0.0895. The maximum atomic E-state index is 12.5. The summed E-state index contributed by atoms with van der Waals surface area (Å²) in [4.78, 5) is 27.9. The number of aromatic nitrogens is 2. The van der Waals surface area contributed by atoms with Crippen molar-refractivity contribution in [1.82, 2.24) is 9.55 Å². The van der Waals surface area contributed by atoms with Crippen LogP contribution in [0.25, 0.3) is 10.9 Å². The van der Waals surface area contributed by atoms with Crippen LogP contribution >= 0.6 is 28.1 Å². The zero-order chi connectivity index (χ0) is 15.0. The average molecular weight is 361 g/mol. The van der Waals surface area contributed by atoms with Crippen LogP contribution in [0.2, 0.25) is 0 Å². The molecule has 3 rings (SSSR count). The van der Waals surface area contributed by atoms with E-state index in [1.165, 1.54) is 0 Å². The lowest BCUT2D eigenvalue weighted by Crippen LogP contribution is -2.28. The van der Waals surface area contributed by atoms with E-state index in [-0.39, 0.29) is 4.77 Å². The summed E-state index contributed by atoms with van der Waals surface area (Å²) in [5.74, 6) is -0.445. The van der Waals surface area contributed by atoms with E-state index in [9.17, 15) is 9.59 Å². The molecule has 2 aromatic carbocycles. The standard InChI is InChI=1S/C15H9BrN2O2S/c16-10-7-5-9(6-8-10)13(19)18-14(20)11-3-1-2-4-12(11)17-15(18)21/h1-8H,(H,17,21). The molecular weight excluding hydrogens is 352 g/mol. The number of nitrogens with zero attached hydrogens (tertiary/aromatic N) is 1. The highest BCUT2D eigenvalue weighted by molar-refractivity contribution is 9.10. The van der Waals surface area contributed by atoms with Crippen LogP contribution in [0.4, 0.5) is 0 Å². The first-order valence-corrected chi connectivity index (χ1v) is 7.32. The molecule has 1 heterocycles. The quantitative estimate of drug-likeness (QED) is 0.675. The Balaban J connectivity index is 2.25. The highest BCUT2D eigenvalue weighted by Crippen LogP contribution is 2.12. The summed E-state index contributed by atoms with van der Waals surface area (Å²) in [5.41, 5.74) is 0.602. The molecule has 21 heavy (non-hydrogen) atoms. The minimum atomic E-state index is -0.445. The average Bonchev–Trinajstić information content (AvgIpc) is 2.48. The number of nitrogens with one attached hydrogen (secondary N) is 1. The van der Waals surface area contributed by atoms with Crippen molar-refractivity contribution in [3.05, 3.63) is 73.7 Å². The number of halogens is 1. The Morgan fingerprint density at radius 2 is 1.76 bits per heavy atom. The van der Waals surface area contributed by atoms with E-state index in [0.717, 1.165) is 9.04 Å². The normalized spacial score (nSPS) is 10.7. The van der Waals surface area contributed by atoms with Gasteiger partial charge in [0.15, 0.2) is 4.77 Å². The molecule has 104 valence electrons. The number of H-pyrrole nitrogens is 1. The van der Waals surface area contributed by atoms with Gasteiger partial charge in [-0.1, -0.05) is 28.1 Å². The molecule has 3 aromatic rings. The number of hydrogen-bond donors (Lipinski definition) is 1. The van der Waals surface area contributed by atoms with Crippen molar-refractivity contribution in [2.75, 3.05) is 0 Å². The van der Waals surface area contributed by atoms with Gasteiger partial charge >= 0.3 is 0 Å². The minimum Gasteiger partial charge on any atom is -0.331 e. The van der Waals surface area contributed by atoms with Gasteiger partial charge in [0.05, 0.1) is 10.9 Å².